The highest BCUT2D eigenvalue weighted by Crippen LogP contribution is 2.33. The largest absolute Gasteiger partial charge is 0.483 e. The standard InChI is InChI=1S/C19H15Cl2N3O3/c1-10-8-23-17-11(18(10)27-9-15(22)25)4-2-7-14(17)24-19(26)16-12(20)5-3-6-13(16)21/h2-8H,9H2,1H3,(H2,22,25)(H,24,26). The van der Waals surface area contributed by atoms with E-state index in [1.807, 2.05) is 0 Å². The van der Waals surface area contributed by atoms with Gasteiger partial charge in [0, 0.05) is 17.1 Å². The molecule has 0 aliphatic rings. The summed E-state index contributed by atoms with van der Waals surface area (Å²) in [7, 11) is 0. The maximum Gasteiger partial charge on any atom is 0.258 e. The Bertz CT molecular complexity index is 1030. The summed E-state index contributed by atoms with van der Waals surface area (Å²) in [5.74, 6) is -0.567. The van der Waals surface area contributed by atoms with E-state index in [0.29, 0.717) is 22.3 Å². The summed E-state index contributed by atoms with van der Waals surface area (Å²) in [6.07, 6.45) is 1.59. The number of hydrogen-bond donors (Lipinski definition) is 2. The second-order valence-corrected chi connectivity index (χ2v) is 6.59. The van der Waals surface area contributed by atoms with E-state index in [4.69, 9.17) is 33.7 Å². The van der Waals surface area contributed by atoms with E-state index in [9.17, 15) is 9.59 Å². The third-order valence-corrected chi connectivity index (χ3v) is 4.45. The monoisotopic (exact) mass is 403 g/mol. The number of fused-ring (bicyclic) bond motifs is 1. The number of primary amides is 1. The first-order valence-electron chi connectivity index (χ1n) is 7.93. The lowest BCUT2D eigenvalue weighted by Gasteiger charge is -2.14. The van der Waals surface area contributed by atoms with Crippen LogP contribution in [0.25, 0.3) is 10.9 Å². The van der Waals surface area contributed by atoms with Crippen LogP contribution in [-0.4, -0.2) is 23.4 Å². The summed E-state index contributed by atoms with van der Waals surface area (Å²) in [5, 5.41) is 3.91. The molecule has 0 radical (unpaired) electrons. The van der Waals surface area contributed by atoms with Gasteiger partial charge in [0.2, 0.25) is 0 Å². The van der Waals surface area contributed by atoms with E-state index in [0.717, 1.165) is 5.56 Å². The highest BCUT2D eigenvalue weighted by molar-refractivity contribution is 6.40. The Morgan fingerprint density at radius 3 is 2.48 bits per heavy atom. The predicted octanol–water partition coefficient (Wildman–Crippen LogP) is 3.97. The normalized spacial score (nSPS) is 10.6. The number of benzene rings is 2. The minimum atomic E-state index is -0.586. The first kappa shape index (κ1) is 18.9. The number of para-hydroxylation sites is 1. The van der Waals surface area contributed by atoms with E-state index in [1.165, 1.54) is 0 Å². The van der Waals surface area contributed by atoms with E-state index >= 15 is 0 Å². The topological polar surface area (TPSA) is 94.3 Å². The fraction of sp³-hybridized carbons (Fsp3) is 0.105. The van der Waals surface area contributed by atoms with E-state index in [-0.39, 0.29) is 22.2 Å². The average Bonchev–Trinajstić information content (AvgIpc) is 2.60. The highest BCUT2D eigenvalue weighted by Gasteiger charge is 2.17. The molecule has 1 heterocycles. The number of nitrogens with two attached hydrogens (primary N) is 1. The molecular formula is C19H15Cl2N3O3. The number of nitrogens with zero attached hydrogens (tertiary/aromatic N) is 1. The van der Waals surface area contributed by atoms with Crippen molar-refractivity contribution in [2.75, 3.05) is 11.9 Å². The molecule has 3 rings (SSSR count). The Labute approximate surface area is 165 Å². The van der Waals surface area contributed by atoms with Gasteiger partial charge in [-0.15, -0.1) is 0 Å². The molecule has 6 nitrogen and oxygen atoms in total. The number of halogens is 2. The SMILES string of the molecule is Cc1cnc2c(NC(=O)c3c(Cl)cccc3Cl)cccc2c1OCC(N)=O. The van der Waals surface area contributed by atoms with Gasteiger partial charge in [0.05, 0.1) is 26.8 Å². The summed E-state index contributed by atoms with van der Waals surface area (Å²) in [6, 6.07) is 10.1. The molecule has 0 fully saturated rings. The molecule has 0 unspecified atom stereocenters. The van der Waals surface area contributed by atoms with Crippen molar-refractivity contribution in [2.45, 2.75) is 6.92 Å². The quantitative estimate of drug-likeness (QED) is 0.673. The van der Waals surface area contributed by atoms with Crippen LogP contribution < -0.4 is 15.8 Å². The van der Waals surface area contributed by atoms with Crippen LogP contribution in [0.2, 0.25) is 10.0 Å². The Hall–Kier alpha value is -2.83. The zero-order valence-electron chi connectivity index (χ0n) is 14.3. The fourth-order valence-corrected chi connectivity index (χ4v) is 3.20. The Morgan fingerprint density at radius 2 is 1.81 bits per heavy atom. The molecule has 2 aromatic carbocycles. The van der Waals surface area contributed by atoms with Gasteiger partial charge in [0.25, 0.3) is 11.8 Å². The molecule has 138 valence electrons. The van der Waals surface area contributed by atoms with Gasteiger partial charge >= 0.3 is 0 Å². The van der Waals surface area contributed by atoms with E-state index < -0.39 is 11.8 Å². The second-order valence-electron chi connectivity index (χ2n) is 5.78. The van der Waals surface area contributed by atoms with Crippen LogP contribution in [0.5, 0.6) is 5.75 Å². The first-order valence-corrected chi connectivity index (χ1v) is 8.69. The molecule has 2 amide bonds. The third-order valence-electron chi connectivity index (χ3n) is 3.82. The van der Waals surface area contributed by atoms with Crippen LogP contribution >= 0.6 is 23.2 Å². The van der Waals surface area contributed by atoms with Crippen molar-refractivity contribution >= 4 is 51.6 Å². The Morgan fingerprint density at radius 1 is 1.15 bits per heavy atom. The molecule has 27 heavy (non-hydrogen) atoms. The van der Waals surface area contributed by atoms with Gasteiger partial charge in [-0.1, -0.05) is 35.3 Å². The average molecular weight is 404 g/mol. The van der Waals surface area contributed by atoms with Gasteiger partial charge in [0.1, 0.15) is 5.75 Å². The summed E-state index contributed by atoms with van der Waals surface area (Å²) in [4.78, 5) is 28.1. The van der Waals surface area contributed by atoms with Gasteiger partial charge in [-0.05, 0) is 31.2 Å². The maximum atomic E-state index is 12.7. The van der Waals surface area contributed by atoms with Gasteiger partial charge < -0.3 is 15.8 Å². The smallest absolute Gasteiger partial charge is 0.258 e. The fourth-order valence-electron chi connectivity index (χ4n) is 2.63. The molecule has 1 aromatic heterocycles. The van der Waals surface area contributed by atoms with Crippen molar-refractivity contribution < 1.29 is 14.3 Å². The molecular weight excluding hydrogens is 389 g/mol. The lowest BCUT2D eigenvalue weighted by molar-refractivity contribution is -0.119. The number of rotatable bonds is 5. The van der Waals surface area contributed by atoms with Crippen LogP contribution in [-0.2, 0) is 4.79 Å². The molecule has 3 N–H and O–H groups in total. The highest BCUT2D eigenvalue weighted by atomic mass is 35.5. The summed E-state index contributed by atoms with van der Waals surface area (Å²) >= 11 is 12.2. The number of anilines is 1. The lowest BCUT2D eigenvalue weighted by atomic mass is 10.1. The number of carbonyl (C=O) groups excluding carboxylic acids is 2. The van der Waals surface area contributed by atoms with Crippen molar-refractivity contribution in [3.63, 3.8) is 0 Å². The number of nitrogens with one attached hydrogen (secondary N) is 1. The molecule has 0 spiro atoms. The van der Waals surface area contributed by atoms with Crippen LogP contribution in [0, 0.1) is 6.92 Å². The molecule has 0 saturated carbocycles. The van der Waals surface area contributed by atoms with Crippen molar-refractivity contribution in [1.82, 2.24) is 4.98 Å². The molecule has 0 atom stereocenters. The second kappa shape index (κ2) is 7.82. The number of carbonyl (C=O) groups is 2. The Balaban J connectivity index is 2.02. The molecule has 0 aliphatic carbocycles. The van der Waals surface area contributed by atoms with Gasteiger partial charge in [-0.3, -0.25) is 14.6 Å². The first-order chi connectivity index (χ1) is 12.9. The van der Waals surface area contributed by atoms with Gasteiger partial charge in [-0.2, -0.15) is 0 Å². The maximum absolute atomic E-state index is 12.7. The van der Waals surface area contributed by atoms with Crippen LogP contribution in [0.3, 0.4) is 0 Å². The third kappa shape index (κ3) is 3.97. The molecule has 0 aliphatic heterocycles. The van der Waals surface area contributed by atoms with E-state index in [2.05, 4.69) is 10.3 Å². The van der Waals surface area contributed by atoms with Crippen molar-refractivity contribution in [3.8, 4) is 5.75 Å². The number of hydrogen-bond acceptors (Lipinski definition) is 4. The number of aromatic nitrogens is 1. The summed E-state index contributed by atoms with van der Waals surface area (Å²) < 4.78 is 5.52. The van der Waals surface area contributed by atoms with Crippen molar-refractivity contribution in [3.05, 3.63) is 63.8 Å². The Kier molecular flexibility index (Phi) is 5.48. The summed E-state index contributed by atoms with van der Waals surface area (Å²) in [5.41, 5.74) is 7.03. The van der Waals surface area contributed by atoms with Crippen LogP contribution in [0.1, 0.15) is 15.9 Å². The minimum Gasteiger partial charge on any atom is -0.483 e. The number of pyridine rings is 1. The summed E-state index contributed by atoms with van der Waals surface area (Å²) in [6.45, 7) is 1.54. The molecule has 3 aromatic rings. The van der Waals surface area contributed by atoms with Crippen molar-refractivity contribution in [1.29, 1.82) is 0 Å². The number of ether oxygens (including phenoxy) is 1. The van der Waals surface area contributed by atoms with Crippen LogP contribution in [0.4, 0.5) is 5.69 Å². The van der Waals surface area contributed by atoms with Crippen LogP contribution in [0.15, 0.2) is 42.6 Å². The van der Waals surface area contributed by atoms with Gasteiger partial charge in [0.15, 0.2) is 6.61 Å². The minimum absolute atomic E-state index is 0.176. The predicted molar refractivity (Wildman–Crippen MR) is 106 cm³/mol. The molecule has 0 bridgehead atoms. The zero-order chi connectivity index (χ0) is 19.6. The lowest BCUT2D eigenvalue weighted by Crippen LogP contribution is -2.20. The van der Waals surface area contributed by atoms with Gasteiger partial charge in [-0.25, -0.2) is 0 Å². The number of aryl methyl sites for hydroxylation is 1. The molecule has 8 heteroatoms. The molecule has 0 saturated heterocycles. The van der Waals surface area contributed by atoms with E-state index in [1.54, 1.807) is 49.5 Å². The number of amides is 2. The van der Waals surface area contributed by atoms with Crippen molar-refractivity contribution in [2.24, 2.45) is 5.73 Å². The zero-order valence-corrected chi connectivity index (χ0v) is 15.8.